The quantitative estimate of drug-likeness (QED) is 0.774. The van der Waals surface area contributed by atoms with Crippen LogP contribution in [-0.4, -0.2) is 78.7 Å². The topological polar surface area (TPSA) is 70.6 Å². The number of rotatable bonds is 8. The van der Waals surface area contributed by atoms with Gasteiger partial charge in [0.25, 0.3) is 5.91 Å². The first-order chi connectivity index (χ1) is 11.6. The molecule has 0 aromatic carbocycles. The summed E-state index contributed by atoms with van der Waals surface area (Å²) in [6.07, 6.45) is 2.06. The molecule has 0 unspecified atom stereocenters. The van der Waals surface area contributed by atoms with Crippen LogP contribution >= 0.6 is 0 Å². The van der Waals surface area contributed by atoms with Crippen LogP contribution in [0, 0.1) is 6.92 Å². The highest BCUT2D eigenvalue weighted by Gasteiger charge is 2.15. The number of hydrogen-bond donors (Lipinski definition) is 1. The molecule has 2 heterocycles. The van der Waals surface area contributed by atoms with Crippen molar-refractivity contribution in [1.82, 2.24) is 19.8 Å². The first-order valence-corrected chi connectivity index (χ1v) is 8.75. The van der Waals surface area contributed by atoms with Crippen molar-refractivity contribution < 1.29 is 9.53 Å². The number of ether oxygens (including phenoxy) is 1. The summed E-state index contributed by atoms with van der Waals surface area (Å²) in [5.41, 5.74) is 0.454. The Balaban J connectivity index is 1.91. The summed E-state index contributed by atoms with van der Waals surface area (Å²) in [6, 6.07) is 1.75. The van der Waals surface area contributed by atoms with Crippen molar-refractivity contribution in [3.8, 4) is 0 Å². The first kappa shape index (κ1) is 18.6. The van der Waals surface area contributed by atoms with E-state index in [0.29, 0.717) is 17.3 Å². The summed E-state index contributed by atoms with van der Waals surface area (Å²) in [6.45, 7) is 9.94. The van der Waals surface area contributed by atoms with E-state index < -0.39 is 0 Å². The van der Waals surface area contributed by atoms with Crippen LogP contribution in [0.25, 0.3) is 0 Å². The van der Waals surface area contributed by atoms with E-state index in [1.807, 2.05) is 14.0 Å². The lowest BCUT2D eigenvalue weighted by atomic mass is 10.3. The van der Waals surface area contributed by atoms with E-state index in [2.05, 4.69) is 27.1 Å². The van der Waals surface area contributed by atoms with Crippen LogP contribution in [0.15, 0.2) is 6.07 Å². The molecule has 134 valence electrons. The van der Waals surface area contributed by atoms with Gasteiger partial charge in [0.05, 0.1) is 13.2 Å². The van der Waals surface area contributed by atoms with Gasteiger partial charge in [0.15, 0.2) is 0 Å². The van der Waals surface area contributed by atoms with Gasteiger partial charge < -0.3 is 15.0 Å². The number of carbonyl (C=O) groups excluding carboxylic acids is 1. The molecule has 1 fully saturated rings. The normalized spacial score (nSPS) is 15.3. The van der Waals surface area contributed by atoms with Crippen LogP contribution in [0.3, 0.4) is 0 Å². The number of aryl methyl sites for hydroxylation is 1. The summed E-state index contributed by atoms with van der Waals surface area (Å²) in [5, 5.41) is 3.31. The molecule has 1 amide bonds. The van der Waals surface area contributed by atoms with Crippen LogP contribution in [0.2, 0.25) is 0 Å². The number of nitrogens with one attached hydrogen (secondary N) is 1. The summed E-state index contributed by atoms with van der Waals surface area (Å²) in [7, 11) is 1.82. The zero-order chi connectivity index (χ0) is 17.4. The van der Waals surface area contributed by atoms with Gasteiger partial charge >= 0.3 is 0 Å². The van der Waals surface area contributed by atoms with Crippen LogP contribution in [0.4, 0.5) is 5.82 Å². The van der Waals surface area contributed by atoms with Crippen molar-refractivity contribution in [3.05, 3.63) is 17.6 Å². The van der Waals surface area contributed by atoms with Gasteiger partial charge in [-0.3, -0.25) is 9.69 Å². The van der Waals surface area contributed by atoms with Crippen molar-refractivity contribution in [1.29, 1.82) is 0 Å². The Morgan fingerprint density at radius 3 is 2.83 bits per heavy atom. The number of amides is 1. The number of anilines is 1. The van der Waals surface area contributed by atoms with E-state index in [9.17, 15) is 4.79 Å². The highest BCUT2D eigenvalue weighted by Crippen LogP contribution is 2.09. The summed E-state index contributed by atoms with van der Waals surface area (Å²) in [4.78, 5) is 25.2. The molecule has 0 radical (unpaired) electrons. The third-order valence-corrected chi connectivity index (χ3v) is 4.09. The molecule has 1 aromatic heterocycles. The average Bonchev–Trinajstić information content (AvgIpc) is 2.59. The van der Waals surface area contributed by atoms with E-state index in [1.54, 1.807) is 11.0 Å². The maximum absolute atomic E-state index is 12.5. The number of carbonyl (C=O) groups is 1. The number of morpholine rings is 1. The number of hydrogen-bond acceptors (Lipinski definition) is 6. The highest BCUT2D eigenvalue weighted by molar-refractivity contribution is 5.92. The summed E-state index contributed by atoms with van der Waals surface area (Å²) >= 11 is 0. The molecule has 1 saturated heterocycles. The predicted octanol–water partition coefficient (Wildman–Crippen LogP) is 1.40. The van der Waals surface area contributed by atoms with Crippen LogP contribution < -0.4 is 5.32 Å². The minimum Gasteiger partial charge on any atom is -0.379 e. The van der Waals surface area contributed by atoms with Crippen molar-refractivity contribution >= 4 is 11.7 Å². The Kier molecular flexibility index (Phi) is 7.39. The zero-order valence-corrected chi connectivity index (χ0v) is 15.0. The monoisotopic (exact) mass is 335 g/mol. The van der Waals surface area contributed by atoms with Gasteiger partial charge in [-0.25, -0.2) is 9.97 Å². The molecule has 1 aliphatic rings. The molecule has 7 heteroatoms. The van der Waals surface area contributed by atoms with E-state index in [4.69, 9.17) is 4.74 Å². The minimum atomic E-state index is -0.0508. The van der Waals surface area contributed by atoms with E-state index in [0.717, 1.165) is 58.8 Å². The molecule has 1 aromatic rings. The van der Waals surface area contributed by atoms with Crippen molar-refractivity contribution in [2.24, 2.45) is 0 Å². The third kappa shape index (κ3) is 5.72. The molecule has 24 heavy (non-hydrogen) atoms. The van der Waals surface area contributed by atoms with Gasteiger partial charge in [-0.1, -0.05) is 13.3 Å². The fourth-order valence-electron chi connectivity index (χ4n) is 2.63. The van der Waals surface area contributed by atoms with Gasteiger partial charge in [-0.15, -0.1) is 0 Å². The molecule has 0 bridgehead atoms. The fourth-order valence-corrected chi connectivity index (χ4v) is 2.63. The average molecular weight is 335 g/mol. The molecule has 0 spiro atoms. The van der Waals surface area contributed by atoms with Crippen molar-refractivity contribution in [3.63, 3.8) is 0 Å². The lowest BCUT2D eigenvalue weighted by Gasteiger charge is -2.26. The lowest BCUT2D eigenvalue weighted by molar-refractivity contribution is 0.0398. The van der Waals surface area contributed by atoms with Gasteiger partial charge in [0.1, 0.15) is 17.3 Å². The second-order valence-electron chi connectivity index (χ2n) is 6.15. The molecule has 1 aliphatic heterocycles. The Hall–Kier alpha value is -1.73. The third-order valence-electron chi connectivity index (χ3n) is 4.09. The standard InChI is InChI=1S/C17H29N5O2/c1-4-5-7-21(3)17(23)15-13-16(20-14(2)19-15)18-6-8-22-9-11-24-12-10-22/h13H,4-12H2,1-3H3,(H,18,19,20). The fraction of sp³-hybridized carbons (Fsp3) is 0.706. The van der Waals surface area contributed by atoms with E-state index in [-0.39, 0.29) is 5.91 Å². The van der Waals surface area contributed by atoms with Crippen LogP contribution in [-0.2, 0) is 4.74 Å². The largest absolute Gasteiger partial charge is 0.379 e. The smallest absolute Gasteiger partial charge is 0.272 e. The lowest BCUT2D eigenvalue weighted by Crippen LogP contribution is -2.39. The first-order valence-electron chi connectivity index (χ1n) is 8.75. The molecule has 1 N–H and O–H groups in total. The van der Waals surface area contributed by atoms with Crippen molar-refractivity contribution in [2.75, 3.05) is 58.3 Å². The maximum Gasteiger partial charge on any atom is 0.272 e. The Labute approximate surface area is 144 Å². The molecule has 0 aliphatic carbocycles. The van der Waals surface area contributed by atoms with Gasteiger partial charge in [0, 0.05) is 45.8 Å². The van der Waals surface area contributed by atoms with Crippen LogP contribution in [0.5, 0.6) is 0 Å². The summed E-state index contributed by atoms with van der Waals surface area (Å²) in [5.74, 6) is 1.27. The Morgan fingerprint density at radius 2 is 2.12 bits per heavy atom. The van der Waals surface area contributed by atoms with Crippen LogP contribution in [0.1, 0.15) is 36.1 Å². The van der Waals surface area contributed by atoms with Gasteiger partial charge in [-0.2, -0.15) is 0 Å². The van der Waals surface area contributed by atoms with Gasteiger partial charge in [-0.05, 0) is 13.3 Å². The number of nitrogens with zero attached hydrogens (tertiary/aromatic N) is 4. The second kappa shape index (κ2) is 9.54. The predicted molar refractivity (Wildman–Crippen MR) is 94.4 cm³/mol. The molecule has 2 rings (SSSR count). The zero-order valence-electron chi connectivity index (χ0n) is 15.0. The van der Waals surface area contributed by atoms with E-state index >= 15 is 0 Å². The Bertz CT molecular complexity index is 532. The van der Waals surface area contributed by atoms with E-state index in [1.165, 1.54) is 0 Å². The molecule has 0 atom stereocenters. The Morgan fingerprint density at radius 1 is 1.38 bits per heavy atom. The molecule has 7 nitrogen and oxygen atoms in total. The van der Waals surface area contributed by atoms with Crippen molar-refractivity contribution in [2.45, 2.75) is 26.7 Å². The second-order valence-corrected chi connectivity index (χ2v) is 6.15. The molecular formula is C17H29N5O2. The van der Waals surface area contributed by atoms with Gasteiger partial charge in [0.2, 0.25) is 0 Å². The molecule has 0 saturated carbocycles. The number of unbranched alkanes of at least 4 members (excludes halogenated alkanes) is 1. The highest BCUT2D eigenvalue weighted by atomic mass is 16.5. The summed E-state index contributed by atoms with van der Waals surface area (Å²) < 4.78 is 5.35. The number of aromatic nitrogens is 2. The maximum atomic E-state index is 12.5. The minimum absolute atomic E-state index is 0.0508. The molecular weight excluding hydrogens is 306 g/mol. The SMILES string of the molecule is CCCCN(C)C(=O)c1cc(NCCN2CCOCC2)nc(C)n1.